The molecule has 1 aliphatic heterocycles. The summed E-state index contributed by atoms with van der Waals surface area (Å²) < 4.78 is 40.0. The van der Waals surface area contributed by atoms with Crippen LogP contribution in [0.25, 0.3) is 0 Å². The monoisotopic (exact) mass is 627 g/mol. The summed E-state index contributed by atoms with van der Waals surface area (Å²) in [4.78, 5) is 15.4. The van der Waals surface area contributed by atoms with Crippen LogP contribution in [0.5, 0.6) is 5.75 Å². The highest BCUT2D eigenvalue weighted by Gasteiger charge is 2.33. The Kier molecular flexibility index (Phi) is 12.3. The standard InChI is InChI=1S/C35H53N3O5S/c1-25-22-33(42-6)26(2)27(3)35(25)44(40,41)38-20-18-31(19-21-38)43-24-34(39)36-23-29-12-15-30(16-13-29)32(37(4)5)17-14-28-10-8-7-9-11-28/h7-11,22,29-32H,12-21,23-24H2,1-6H3,(H,36,39). The van der Waals surface area contributed by atoms with Crippen molar-refractivity contribution in [1.82, 2.24) is 14.5 Å². The fraction of sp³-hybridized carbons (Fsp3) is 0.629. The van der Waals surface area contributed by atoms with E-state index < -0.39 is 10.0 Å². The van der Waals surface area contributed by atoms with E-state index in [9.17, 15) is 13.2 Å². The maximum atomic E-state index is 13.5. The summed E-state index contributed by atoms with van der Waals surface area (Å²) in [6, 6.07) is 13.1. The van der Waals surface area contributed by atoms with E-state index in [0.29, 0.717) is 66.6 Å². The summed E-state index contributed by atoms with van der Waals surface area (Å²) in [5.41, 5.74) is 3.66. The van der Waals surface area contributed by atoms with Gasteiger partial charge >= 0.3 is 0 Å². The number of amides is 1. The van der Waals surface area contributed by atoms with Gasteiger partial charge in [-0.1, -0.05) is 30.3 Å². The Morgan fingerprint density at radius 1 is 1.00 bits per heavy atom. The van der Waals surface area contributed by atoms with Gasteiger partial charge in [0.1, 0.15) is 12.4 Å². The second-order valence-corrected chi connectivity index (χ2v) is 14.9. The molecule has 1 aliphatic carbocycles. The molecule has 1 unspecified atom stereocenters. The van der Waals surface area contributed by atoms with Gasteiger partial charge in [-0.15, -0.1) is 0 Å². The average Bonchev–Trinajstić information content (AvgIpc) is 3.02. The van der Waals surface area contributed by atoms with E-state index in [1.807, 2.05) is 20.8 Å². The van der Waals surface area contributed by atoms with Gasteiger partial charge in [0.25, 0.3) is 0 Å². The summed E-state index contributed by atoms with van der Waals surface area (Å²) in [7, 11) is 2.37. The number of carbonyl (C=O) groups excluding carboxylic acids is 1. The van der Waals surface area contributed by atoms with Crippen molar-refractivity contribution < 1.29 is 22.7 Å². The van der Waals surface area contributed by atoms with E-state index in [-0.39, 0.29) is 18.6 Å². The first-order valence-corrected chi connectivity index (χ1v) is 17.7. The Bertz CT molecular complexity index is 1330. The lowest BCUT2D eigenvalue weighted by Gasteiger charge is -2.37. The fourth-order valence-electron chi connectivity index (χ4n) is 7.15. The first-order chi connectivity index (χ1) is 21.0. The molecule has 244 valence electrons. The second kappa shape index (κ2) is 15.7. The van der Waals surface area contributed by atoms with Crippen LogP contribution in [0, 0.1) is 32.6 Å². The third-order valence-corrected chi connectivity index (χ3v) is 12.1. The van der Waals surface area contributed by atoms with Gasteiger partial charge in [0.05, 0.1) is 18.1 Å². The molecule has 2 aromatic carbocycles. The Balaban J connectivity index is 1.16. The molecular formula is C35H53N3O5S. The lowest BCUT2D eigenvalue weighted by Crippen LogP contribution is -2.42. The van der Waals surface area contributed by atoms with Gasteiger partial charge in [0.15, 0.2) is 0 Å². The number of sulfonamides is 1. The first kappa shape index (κ1) is 34.4. The molecule has 4 rings (SSSR count). The molecule has 0 aromatic heterocycles. The number of ether oxygens (including phenoxy) is 2. The minimum Gasteiger partial charge on any atom is -0.496 e. The zero-order valence-electron chi connectivity index (χ0n) is 27.6. The number of piperidine rings is 1. The van der Waals surface area contributed by atoms with E-state index in [1.54, 1.807) is 17.5 Å². The van der Waals surface area contributed by atoms with E-state index in [1.165, 1.54) is 24.8 Å². The summed E-state index contributed by atoms with van der Waals surface area (Å²) in [5, 5.41) is 3.10. The topological polar surface area (TPSA) is 88.2 Å². The van der Waals surface area contributed by atoms with Crippen LogP contribution in [-0.4, -0.2) is 83.1 Å². The van der Waals surface area contributed by atoms with Crippen LogP contribution in [0.1, 0.15) is 67.2 Å². The van der Waals surface area contributed by atoms with Crippen LogP contribution in [0.15, 0.2) is 41.3 Å². The Morgan fingerprint density at radius 3 is 2.27 bits per heavy atom. The van der Waals surface area contributed by atoms with Crippen LogP contribution in [0.2, 0.25) is 0 Å². The van der Waals surface area contributed by atoms with Crippen molar-refractivity contribution in [2.75, 3.05) is 47.4 Å². The van der Waals surface area contributed by atoms with Gasteiger partial charge in [-0.25, -0.2) is 8.42 Å². The quantitative estimate of drug-likeness (QED) is 0.325. The molecule has 0 radical (unpaired) electrons. The maximum Gasteiger partial charge on any atom is 0.246 e. The maximum absolute atomic E-state index is 13.5. The summed E-state index contributed by atoms with van der Waals surface area (Å²) in [5.74, 6) is 1.81. The van der Waals surface area contributed by atoms with Gasteiger partial charge in [0, 0.05) is 25.7 Å². The second-order valence-electron chi connectivity index (χ2n) is 13.0. The van der Waals surface area contributed by atoms with Crippen molar-refractivity contribution in [2.24, 2.45) is 11.8 Å². The Morgan fingerprint density at radius 2 is 1.66 bits per heavy atom. The minimum atomic E-state index is -3.64. The third kappa shape index (κ3) is 8.62. The highest BCUT2D eigenvalue weighted by Crippen LogP contribution is 2.35. The van der Waals surface area contributed by atoms with Crippen molar-refractivity contribution in [1.29, 1.82) is 0 Å². The number of carbonyl (C=O) groups is 1. The SMILES string of the molecule is COc1cc(C)c(S(=O)(=O)N2CCC(OCC(=O)NCC3CCC(C(CCc4ccccc4)N(C)C)CC3)CC2)c(C)c1C. The number of nitrogens with one attached hydrogen (secondary N) is 1. The summed E-state index contributed by atoms with van der Waals surface area (Å²) >= 11 is 0. The molecule has 1 amide bonds. The summed E-state index contributed by atoms with van der Waals surface area (Å²) in [6.45, 7) is 7.01. The van der Waals surface area contributed by atoms with E-state index >= 15 is 0 Å². The number of hydrogen-bond donors (Lipinski definition) is 1. The molecule has 0 spiro atoms. The van der Waals surface area contributed by atoms with Crippen molar-refractivity contribution in [3.05, 3.63) is 58.7 Å². The predicted octanol–water partition coefficient (Wildman–Crippen LogP) is 5.28. The fourth-order valence-corrected chi connectivity index (χ4v) is 9.11. The van der Waals surface area contributed by atoms with E-state index in [0.717, 1.165) is 30.4 Å². The third-order valence-electron chi connectivity index (χ3n) is 9.91. The molecule has 2 aromatic rings. The van der Waals surface area contributed by atoms with Crippen LogP contribution in [0.4, 0.5) is 0 Å². The predicted molar refractivity (Wildman–Crippen MR) is 176 cm³/mol. The highest BCUT2D eigenvalue weighted by molar-refractivity contribution is 7.89. The van der Waals surface area contributed by atoms with Crippen LogP contribution in [0.3, 0.4) is 0 Å². The van der Waals surface area contributed by atoms with Gasteiger partial charge in [-0.05, 0) is 126 Å². The van der Waals surface area contributed by atoms with Crippen molar-refractivity contribution >= 4 is 15.9 Å². The molecule has 1 N–H and O–H groups in total. The smallest absolute Gasteiger partial charge is 0.246 e. The largest absolute Gasteiger partial charge is 0.496 e. The lowest BCUT2D eigenvalue weighted by molar-refractivity contribution is -0.128. The molecule has 44 heavy (non-hydrogen) atoms. The zero-order valence-corrected chi connectivity index (χ0v) is 28.4. The number of benzene rings is 2. The van der Waals surface area contributed by atoms with Crippen LogP contribution >= 0.6 is 0 Å². The van der Waals surface area contributed by atoms with E-state index in [4.69, 9.17) is 9.47 Å². The normalized spacial score (nSPS) is 20.9. The number of hydrogen-bond acceptors (Lipinski definition) is 6. The lowest BCUT2D eigenvalue weighted by atomic mass is 9.76. The molecule has 1 saturated carbocycles. The number of nitrogens with zero attached hydrogens (tertiary/aromatic N) is 2. The molecule has 1 saturated heterocycles. The molecular weight excluding hydrogens is 574 g/mol. The number of methoxy groups -OCH3 is 1. The Hall–Kier alpha value is -2.46. The van der Waals surface area contributed by atoms with Crippen molar-refractivity contribution in [2.45, 2.75) is 89.2 Å². The van der Waals surface area contributed by atoms with Crippen molar-refractivity contribution in [3.63, 3.8) is 0 Å². The van der Waals surface area contributed by atoms with E-state index in [2.05, 4.69) is 54.6 Å². The van der Waals surface area contributed by atoms with Gasteiger partial charge in [-0.2, -0.15) is 4.31 Å². The molecule has 2 fully saturated rings. The molecule has 1 atom stereocenters. The zero-order chi connectivity index (χ0) is 31.9. The first-order valence-electron chi connectivity index (χ1n) is 16.2. The minimum absolute atomic E-state index is 0.0187. The molecule has 9 heteroatoms. The summed E-state index contributed by atoms with van der Waals surface area (Å²) in [6.07, 6.45) is 7.98. The van der Waals surface area contributed by atoms with Crippen LogP contribution < -0.4 is 10.1 Å². The van der Waals surface area contributed by atoms with Crippen molar-refractivity contribution in [3.8, 4) is 5.75 Å². The highest BCUT2D eigenvalue weighted by atomic mass is 32.2. The van der Waals surface area contributed by atoms with Gasteiger partial charge in [0.2, 0.25) is 15.9 Å². The molecule has 0 bridgehead atoms. The van der Waals surface area contributed by atoms with Crippen LogP contribution in [-0.2, 0) is 26.0 Å². The van der Waals surface area contributed by atoms with Gasteiger partial charge < -0.3 is 19.7 Å². The number of rotatable bonds is 13. The Labute approximate surface area is 265 Å². The molecule has 2 aliphatic rings. The number of aryl methyl sites for hydroxylation is 2. The average molecular weight is 628 g/mol. The molecule has 8 nitrogen and oxygen atoms in total. The van der Waals surface area contributed by atoms with Gasteiger partial charge in [-0.3, -0.25) is 4.79 Å². The molecule has 1 heterocycles.